The van der Waals surface area contributed by atoms with Gasteiger partial charge in [-0.25, -0.2) is 0 Å². The van der Waals surface area contributed by atoms with Crippen LogP contribution in [-0.4, -0.2) is 25.2 Å². The molecule has 0 saturated carbocycles. The van der Waals surface area contributed by atoms with Crippen molar-refractivity contribution >= 4 is 12.1 Å². The Morgan fingerprint density at radius 1 is 1.46 bits per heavy atom. The molecule has 1 atom stereocenters. The Morgan fingerprint density at radius 3 is 2.15 bits per heavy atom. The van der Waals surface area contributed by atoms with Crippen LogP contribution in [0.2, 0.25) is 0 Å². The third-order valence-corrected chi connectivity index (χ3v) is 1.37. The average molecular weight is 258 g/mol. The Labute approximate surface area is 130 Å². The van der Waals surface area contributed by atoms with Gasteiger partial charge in [-0.15, -0.1) is 0 Å². The van der Waals surface area contributed by atoms with E-state index in [1.807, 2.05) is 13.8 Å². The van der Waals surface area contributed by atoms with Crippen LogP contribution in [0.4, 0.5) is 0 Å². The minimum atomic E-state index is -0.179. The number of rotatable bonds is 5. The van der Waals surface area contributed by atoms with Gasteiger partial charge >= 0.3 is 58.2 Å². The molecule has 4 heteroatoms. The van der Waals surface area contributed by atoms with E-state index in [1.165, 1.54) is 6.92 Å². The van der Waals surface area contributed by atoms with Crippen LogP contribution in [0.15, 0.2) is 0 Å². The molecule has 0 aliphatic carbocycles. The number of Topliss-reactive ketones (excluding diaryl/α,β-unsaturated/α-hetero) is 1. The van der Waals surface area contributed by atoms with Crippen LogP contribution in [-0.2, 0) is 9.59 Å². The number of carbonyl (C=O) groups is 1. The Bertz CT molecular complexity index is 129. The van der Waals surface area contributed by atoms with Crippen LogP contribution in [0.3, 0.4) is 0 Å². The van der Waals surface area contributed by atoms with E-state index >= 15 is 0 Å². The van der Waals surface area contributed by atoms with Crippen molar-refractivity contribution in [1.29, 1.82) is 0 Å². The molecule has 72 valence electrons. The second-order valence-corrected chi connectivity index (χ2v) is 2.13. The quantitative estimate of drug-likeness (QED) is 0.585. The first-order chi connectivity index (χ1) is 5.72. The molecule has 0 aliphatic heterocycles. The van der Waals surface area contributed by atoms with Crippen molar-refractivity contribution < 1.29 is 67.8 Å². The predicted octanol–water partition coefficient (Wildman–Crippen LogP) is -1.92. The van der Waals surface area contributed by atoms with E-state index in [4.69, 9.17) is 0 Å². The van der Waals surface area contributed by atoms with Crippen LogP contribution >= 0.6 is 0 Å². The first-order valence-electron chi connectivity index (χ1n) is 4.25. The van der Waals surface area contributed by atoms with Gasteiger partial charge in [0.2, 0.25) is 0 Å². The molecule has 0 aromatic rings. The van der Waals surface area contributed by atoms with E-state index in [9.17, 15) is 9.59 Å². The van der Waals surface area contributed by atoms with Gasteiger partial charge in [0, 0.05) is 0 Å². The van der Waals surface area contributed by atoms with Crippen LogP contribution in [0, 0.1) is 0 Å². The summed E-state index contributed by atoms with van der Waals surface area (Å²) in [6.07, 6.45) is 2.62. The van der Waals surface area contributed by atoms with Gasteiger partial charge in [0.15, 0.2) is 0 Å². The largest absolute Gasteiger partial charge is 1.00 e. The maximum absolute atomic E-state index is 10.7. The Balaban J connectivity index is -0.000000309. The van der Waals surface area contributed by atoms with Crippen LogP contribution in [0.1, 0.15) is 33.6 Å². The molecule has 13 heavy (non-hydrogen) atoms. The van der Waals surface area contributed by atoms with Crippen molar-refractivity contribution in [2.75, 3.05) is 7.05 Å². The Hall–Kier alpha value is 1.11. The van der Waals surface area contributed by atoms with Crippen molar-refractivity contribution in [3.63, 3.8) is 0 Å². The zero-order valence-corrected chi connectivity index (χ0v) is 14.2. The van der Waals surface area contributed by atoms with Crippen molar-refractivity contribution in [2.24, 2.45) is 0 Å². The molecule has 0 spiro atoms. The molecule has 0 bridgehead atoms. The zero-order chi connectivity index (χ0) is 9.98. The van der Waals surface area contributed by atoms with Crippen LogP contribution < -0.4 is 63.5 Å². The SMILES string of the molecule is CC.CNC(CC[C-]=O)C(C)=O.[Rb+]. The van der Waals surface area contributed by atoms with Crippen molar-refractivity contribution in [2.45, 2.75) is 39.7 Å². The zero-order valence-electron chi connectivity index (χ0n) is 9.31. The molecule has 0 aromatic carbocycles. The standard InChI is InChI=1S/C7H12NO2.C2H6.Rb/c1-6(10)7(8-2)4-3-5-9;1-2;/h7-8H,3-4H2,1-2H3;1-2H3;/q-1;;+1. The van der Waals surface area contributed by atoms with Gasteiger partial charge in [-0.3, -0.25) is 11.1 Å². The molecular weight excluding hydrogens is 240 g/mol. The molecule has 0 fully saturated rings. The van der Waals surface area contributed by atoms with Gasteiger partial charge in [0.1, 0.15) is 5.78 Å². The molecule has 0 aliphatic rings. The summed E-state index contributed by atoms with van der Waals surface area (Å²) in [5.74, 6) is 0.0674. The summed E-state index contributed by atoms with van der Waals surface area (Å²) < 4.78 is 0. The molecule has 0 heterocycles. The van der Waals surface area contributed by atoms with E-state index in [0.29, 0.717) is 12.8 Å². The molecule has 1 N–H and O–H groups in total. The summed E-state index contributed by atoms with van der Waals surface area (Å²) in [7, 11) is 1.71. The second kappa shape index (κ2) is 15.6. The topological polar surface area (TPSA) is 46.2 Å². The monoisotopic (exact) mass is 257 g/mol. The first-order valence-corrected chi connectivity index (χ1v) is 4.25. The third-order valence-electron chi connectivity index (χ3n) is 1.37. The Morgan fingerprint density at radius 2 is 1.92 bits per heavy atom. The summed E-state index contributed by atoms with van der Waals surface area (Å²) >= 11 is 0. The fourth-order valence-electron chi connectivity index (χ4n) is 0.754. The van der Waals surface area contributed by atoms with Gasteiger partial charge < -0.3 is 10.1 Å². The van der Waals surface area contributed by atoms with Crippen LogP contribution in [0.25, 0.3) is 0 Å². The molecule has 3 nitrogen and oxygen atoms in total. The fraction of sp³-hybridized carbons (Fsp3) is 0.778. The van der Waals surface area contributed by atoms with Gasteiger partial charge in [-0.05, 0) is 14.0 Å². The summed E-state index contributed by atoms with van der Waals surface area (Å²) in [6, 6.07) is -0.179. The molecule has 0 rings (SSSR count). The van der Waals surface area contributed by atoms with Crippen LogP contribution in [0.5, 0.6) is 0 Å². The summed E-state index contributed by atoms with van der Waals surface area (Å²) in [6.45, 7) is 5.51. The number of nitrogens with one attached hydrogen (secondary N) is 1. The molecule has 1 unspecified atom stereocenters. The number of carbonyl (C=O) groups excluding carboxylic acids is 2. The maximum Gasteiger partial charge on any atom is 1.00 e. The second-order valence-electron chi connectivity index (χ2n) is 2.13. The Kier molecular flexibility index (Phi) is 23.5. The van der Waals surface area contributed by atoms with E-state index in [1.54, 1.807) is 13.3 Å². The maximum atomic E-state index is 10.7. The average Bonchev–Trinajstić information content (AvgIpc) is 2.09. The fourth-order valence-corrected chi connectivity index (χ4v) is 0.754. The predicted molar refractivity (Wildman–Crippen MR) is 49.8 cm³/mol. The molecule has 0 aromatic heterocycles. The van der Waals surface area contributed by atoms with Gasteiger partial charge in [0.05, 0.1) is 6.04 Å². The van der Waals surface area contributed by atoms with Crippen molar-refractivity contribution in [3.8, 4) is 0 Å². The molecule has 0 radical (unpaired) electrons. The summed E-state index contributed by atoms with van der Waals surface area (Å²) in [5, 5.41) is 2.81. The minimum Gasteiger partial charge on any atom is -0.542 e. The van der Waals surface area contributed by atoms with Crippen molar-refractivity contribution in [3.05, 3.63) is 0 Å². The molecular formula is C9H18NO2Rb. The summed E-state index contributed by atoms with van der Waals surface area (Å²) in [5.41, 5.74) is 0. The number of hydrogen-bond donors (Lipinski definition) is 1. The molecule has 0 saturated heterocycles. The van der Waals surface area contributed by atoms with E-state index in [-0.39, 0.29) is 70.0 Å². The van der Waals surface area contributed by atoms with E-state index in [2.05, 4.69) is 5.32 Å². The summed E-state index contributed by atoms with van der Waals surface area (Å²) in [4.78, 5) is 20.5. The number of ketones is 1. The smallest absolute Gasteiger partial charge is 0.542 e. The molecule has 0 amide bonds. The van der Waals surface area contributed by atoms with Gasteiger partial charge in [0.25, 0.3) is 0 Å². The first kappa shape index (κ1) is 19.6. The number of hydrogen-bond acceptors (Lipinski definition) is 3. The minimum absolute atomic E-state index is 0. The number of likely N-dealkylation sites (N-methyl/N-ethyl adjacent to an activating group) is 1. The van der Waals surface area contributed by atoms with Gasteiger partial charge in [-0.1, -0.05) is 20.3 Å². The van der Waals surface area contributed by atoms with E-state index in [0.717, 1.165) is 0 Å². The van der Waals surface area contributed by atoms with Gasteiger partial charge in [-0.2, -0.15) is 6.42 Å². The van der Waals surface area contributed by atoms with Crippen molar-refractivity contribution in [1.82, 2.24) is 5.32 Å². The normalized spacial score (nSPS) is 10.2. The third kappa shape index (κ3) is 13.1. The van der Waals surface area contributed by atoms with E-state index < -0.39 is 0 Å².